The lowest BCUT2D eigenvalue weighted by Gasteiger charge is -2.35. The summed E-state index contributed by atoms with van der Waals surface area (Å²) in [5, 5.41) is 11.1. The van der Waals surface area contributed by atoms with Gasteiger partial charge in [-0.15, -0.1) is 0 Å². The molecule has 0 aromatic carbocycles. The molecule has 14 heteroatoms. The second kappa shape index (κ2) is 8.90. The average Bonchev–Trinajstić information content (AvgIpc) is 2.70. The van der Waals surface area contributed by atoms with E-state index in [4.69, 9.17) is 20.5 Å². The highest BCUT2D eigenvalue weighted by Gasteiger charge is 2.37. The summed E-state index contributed by atoms with van der Waals surface area (Å²) in [6.45, 7) is 5.25. The predicted octanol–water partition coefficient (Wildman–Crippen LogP) is 3.46. The van der Waals surface area contributed by atoms with Crippen LogP contribution in [0.3, 0.4) is 0 Å². The zero-order valence-corrected chi connectivity index (χ0v) is 18.0. The maximum atomic E-state index is 14.8. The van der Waals surface area contributed by atoms with Gasteiger partial charge < -0.3 is 10.4 Å². The first kappa shape index (κ1) is 24.9. The number of allylic oxidation sites excluding steroid dienone is 1. The number of halogens is 4. The zero-order chi connectivity index (χ0) is 24.6. The molecule has 1 aliphatic rings. The molecule has 2 aromatic heterocycles. The van der Waals surface area contributed by atoms with Crippen molar-refractivity contribution in [2.45, 2.75) is 56.7 Å². The summed E-state index contributed by atoms with van der Waals surface area (Å²) in [7, 11) is 11.4. The number of aliphatic hydroxyl groups excluding tert-OH is 1. The average molecular weight is 462 g/mol. The van der Waals surface area contributed by atoms with Gasteiger partial charge in [0, 0.05) is 17.5 Å². The monoisotopic (exact) mass is 462 g/mol. The van der Waals surface area contributed by atoms with Crippen molar-refractivity contribution in [2.24, 2.45) is 0 Å². The molecule has 3 rings (SSSR count). The van der Waals surface area contributed by atoms with Gasteiger partial charge in [0.25, 0.3) is 5.95 Å². The number of anilines is 3. The minimum absolute atomic E-state index is 0.00634. The van der Waals surface area contributed by atoms with E-state index in [9.17, 15) is 22.7 Å². The van der Waals surface area contributed by atoms with E-state index in [-0.39, 0.29) is 41.8 Å². The van der Waals surface area contributed by atoms with Gasteiger partial charge in [0.15, 0.2) is 5.82 Å². The van der Waals surface area contributed by atoms with Gasteiger partial charge in [0.2, 0.25) is 5.95 Å². The summed E-state index contributed by atoms with van der Waals surface area (Å²) in [4.78, 5) is 21.0. The van der Waals surface area contributed by atoms with Crippen molar-refractivity contribution in [1.82, 2.24) is 19.9 Å². The third-order valence-corrected chi connectivity index (χ3v) is 4.51. The zero-order valence-electron chi connectivity index (χ0n) is 18.0. The summed E-state index contributed by atoms with van der Waals surface area (Å²) >= 11 is 0. The maximum absolute atomic E-state index is 14.8. The van der Waals surface area contributed by atoms with Crippen LogP contribution in [0.25, 0.3) is 5.57 Å². The summed E-state index contributed by atoms with van der Waals surface area (Å²) < 4.78 is 53.8. The number of alkyl halides is 3. The molecule has 4 radical (unpaired) electrons. The number of rotatable bonds is 5. The summed E-state index contributed by atoms with van der Waals surface area (Å²) in [6.07, 6.45) is -5.43. The van der Waals surface area contributed by atoms with Crippen molar-refractivity contribution in [2.75, 3.05) is 10.8 Å². The van der Waals surface area contributed by atoms with E-state index in [1.807, 2.05) is 0 Å². The van der Waals surface area contributed by atoms with E-state index in [0.29, 0.717) is 0 Å². The van der Waals surface area contributed by atoms with Crippen LogP contribution >= 0.6 is 0 Å². The van der Waals surface area contributed by atoms with Gasteiger partial charge in [-0.3, -0.25) is 9.82 Å². The van der Waals surface area contributed by atoms with Crippen LogP contribution in [0.4, 0.5) is 35.1 Å². The highest BCUT2D eigenvalue weighted by molar-refractivity contribution is 6.40. The van der Waals surface area contributed by atoms with Gasteiger partial charge >= 0.3 is 6.18 Å². The molecule has 1 unspecified atom stereocenters. The predicted molar refractivity (Wildman–Crippen MR) is 114 cm³/mol. The van der Waals surface area contributed by atoms with E-state index in [1.165, 1.54) is 6.07 Å². The number of nitrogens with one attached hydrogen (secondary N) is 2. The van der Waals surface area contributed by atoms with Crippen molar-refractivity contribution >= 4 is 38.8 Å². The molecule has 0 fully saturated rings. The van der Waals surface area contributed by atoms with Gasteiger partial charge in [-0.25, -0.2) is 9.87 Å². The third kappa shape index (κ3) is 6.20. The number of aromatic nitrogens is 4. The molecule has 172 valence electrons. The topological polar surface area (TPSA) is 105 Å². The summed E-state index contributed by atoms with van der Waals surface area (Å²) in [6, 6.07) is 2.04. The van der Waals surface area contributed by atoms with Crippen molar-refractivity contribution in [3.05, 3.63) is 35.7 Å². The fourth-order valence-electron chi connectivity index (χ4n) is 2.82. The second-order valence-corrected chi connectivity index (χ2v) is 8.52. The maximum Gasteiger partial charge on any atom is 0.433 e. The lowest BCUT2D eigenvalue weighted by Crippen LogP contribution is -2.34. The van der Waals surface area contributed by atoms with Crippen LogP contribution in [0.2, 0.25) is 5.21 Å². The number of hydrogen-bond donors (Lipinski definition) is 3. The molecule has 0 aliphatic heterocycles. The molecule has 2 aromatic rings. The van der Waals surface area contributed by atoms with Gasteiger partial charge in [-0.1, -0.05) is 11.6 Å². The molecule has 0 amide bonds. The van der Waals surface area contributed by atoms with Crippen LogP contribution in [0.5, 0.6) is 0 Å². The van der Waals surface area contributed by atoms with E-state index in [1.54, 1.807) is 20.8 Å². The number of hydrogen-bond acceptors (Lipinski definition) is 8. The Morgan fingerprint density at radius 1 is 1.15 bits per heavy atom. The Kier molecular flexibility index (Phi) is 6.72. The van der Waals surface area contributed by atoms with Crippen LogP contribution in [0.1, 0.15) is 45.1 Å². The largest absolute Gasteiger partial charge is 0.433 e. The molecule has 0 spiro atoms. The Balaban J connectivity index is 2.01. The lowest BCUT2D eigenvalue weighted by molar-refractivity contribution is -0.141. The molecule has 0 bridgehead atoms. The first-order valence-corrected chi connectivity index (χ1v) is 9.81. The Labute approximate surface area is 190 Å². The number of aliphatic hydroxyl groups is 1. The normalized spacial score (nSPS) is 18.8. The SMILES string of the molecule is [B]C1([B])CCC(c2nc(NOC(C)(C)C)nc(Nc3ccnc(C(F)(F)F)c3)n2)=C(F)C1O. The minimum atomic E-state index is -4.65. The molecule has 3 N–H and O–H groups in total. The Hall–Kier alpha value is -2.73. The van der Waals surface area contributed by atoms with Crippen molar-refractivity contribution in [3.8, 4) is 0 Å². The van der Waals surface area contributed by atoms with Crippen LogP contribution in [-0.4, -0.2) is 52.4 Å². The second-order valence-electron chi connectivity index (χ2n) is 8.52. The molecule has 2 heterocycles. The molecule has 0 saturated heterocycles. The van der Waals surface area contributed by atoms with E-state index < -0.39 is 34.6 Å². The van der Waals surface area contributed by atoms with Crippen LogP contribution in [-0.2, 0) is 11.0 Å². The molecule has 1 aliphatic carbocycles. The van der Waals surface area contributed by atoms with Crippen LogP contribution in [0, 0.1) is 0 Å². The van der Waals surface area contributed by atoms with E-state index in [0.717, 1.165) is 12.3 Å². The van der Waals surface area contributed by atoms with E-state index >= 15 is 0 Å². The molecule has 8 nitrogen and oxygen atoms in total. The molecule has 33 heavy (non-hydrogen) atoms. The van der Waals surface area contributed by atoms with Gasteiger partial charge in [-0.2, -0.15) is 28.1 Å². The highest BCUT2D eigenvalue weighted by Crippen LogP contribution is 2.43. The van der Waals surface area contributed by atoms with Gasteiger partial charge in [-0.05, 0) is 39.3 Å². The smallest absolute Gasteiger partial charge is 0.387 e. The Morgan fingerprint density at radius 2 is 1.82 bits per heavy atom. The fraction of sp³-hybridized carbons (Fsp3) is 0.474. The lowest BCUT2D eigenvalue weighted by atomic mass is 9.47. The number of pyridine rings is 1. The molecule has 0 saturated carbocycles. The van der Waals surface area contributed by atoms with Gasteiger partial charge in [0.1, 0.15) is 11.5 Å². The van der Waals surface area contributed by atoms with Crippen molar-refractivity contribution < 1.29 is 27.5 Å². The molecular formula is C19H20B2F4N6O2. The molecular weight excluding hydrogens is 442 g/mol. The van der Waals surface area contributed by atoms with Crippen LogP contribution in [0.15, 0.2) is 24.2 Å². The summed E-state index contributed by atoms with van der Waals surface area (Å²) in [5.41, 5.74) is 0.657. The Bertz CT molecular complexity index is 1060. The highest BCUT2D eigenvalue weighted by atomic mass is 19.4. The molecule has 1 atom stereocenters. The van der Waals surface area contributed by atoms with Crippen molar-refractivity contribution in [3.63, 3.8) is 0 Å². The number of nitrogens with zero attached hydrogens (tertiary/aromatic N) is 4. The first-order valence-electron chi connectivity index (χ1n) is 9.81. The summed E-state index contributed by atoms with van der Waals surface area (Å²) in [5.74, 6) is -1.53. The van der Waals surface area contributed by atoms with Gasteiger partial charge in [0.05, 0.1) is 27.4 Å². The quantitative estimate of drug-likeness (QED) is 0.353. The third-order valence-electron chi connectivity index (χ3n) is 4.51. The van der Waals surface area contributed by atoms with Crippen LogP contribution < -0.4 is 10.8 Å². The fourth-order valence-corrected chi connectivity index (χ4v) is 2.82. The first-order chi connectivity index (χ1) is 15.2. The standard InChI is InChI=1S/C19H20B2F4N6O2/c1-17(2,3)33-31-16-29-14(10-4-6-18(20,21)13(32)12(10)22)28-15(30-16)27-9-5-7-26-11(8-9)19(23,24)25/h5,7-8,13,32H,4,6H2,1-3H3,(H2,26,27,28,29,30,31). The van der Waals surface area contributed by atoms with E-state index in [2.05, 4.69) is 30.7 Å². The minimum Gasteiger partial charge on any atom is -0.387 e. The Morgan fingerprint density at radius 3 is 2.45 bits per heavy atom. The van der Waals surface area contributed by atoms with Crippen molar-refractivity contribution in [1.29, 1.82) is 0 Å².